The molecule has 1 amide bonds. The van der Waals surface area contributed by atoms with Gasteiger partial charge in [0.05, 0.1) is 11.9 Å². The van der Waals surface area contributed by atoms with Gasteiger partial charge in [0.2, 0.25) is 0 Å². The molecule has 3 aromatic rings. The summed E-state index contributed by atoms with van der Waals surface area (Å²) in [7, 11) is 0. The Bertz CT molecular complexity index is 1200. The summed E-state index contributed by atoms with van der Waals surface area (Å²) in [5.74, 6) is 2.65. The first-order valence-corrected chi connectivity index (χ1v) is 12.1. The van der Waals surface area contributed by atoms with Crippen LogP contribution in [0.5, 0.6) is 0 Å². The Morgan fingerprint density at radius 3 is 2.74 bits per heavy atom. The van der Waals surface area contributed by atoms with E-state index < -0.39 is 5.54 Å². The van der Waals surface area contributed by atoms with Crippen LogP contribution in [0.25, 0.3) is 22.6 Å². The largest absolute Gasteiger partial charge is 0.381 e. The van der Waals surface area contributed by atoms with Gasteiger partial charge in [-0.3, -0.25) is 9.89 Å². The van der Waals surface area contributed by atoms with E-state index in [9.17, 15) is 4.79 Å². The fourth-order valence-corrected chi connectivity index (χ4v) is 5.68. The van der Waals surface area contributed by atoms with Crippen molar-refractivity contribution in [3.63, 3.8) is 0 Å². The van der Waals surface area contributed by atoms with Gasteiger partial charge in [-0.15, -0.1) is 0 Å². The molecule has 1 spiro atoms. The lowest BCUT2D eigenvalue weighted by Crippen LogP contribution is -2.60. The van der Waals surface area contributed by atoms with Crippen molar-refractivity contribution in [3.8, 4) is 22.6 Å². The fourth-order valence-electron chi connectivity index (χ4n) is 5.68. The van der Waals surface area contributed by atoms with E-state index in [1.165, 1.54) is 6.33 Å². The van der Waals surface area contributed by atoms with E-state index in [1.807, 2.05) is 6.07 Å². The summed E-state index contributed by atoms with van der Waals surface area (Å²) in [6, 6.07) is 6.15. The molecule has 0 bridgehead atoms. The highest BCUT2D eigenvalue weighted by Crippen LogP contribution is 2.45. The average Bonchev–Trinajstić information content (AvgIpc) is 3.56. The zero-order chi connectivity index (χ0) is 23.1. The molecule has 0 unspecified atom stereocenters. The first-order valence-electron chi connectivity index (χ1n) is 12.1. The molecular weight excluding hydrogens is 430 g/mol. The van der Waals surface area contributed by atoms with Gasteiger partial charge in [0.1, 0.15) is 11.9 Å². The zero-order valence-corrected chi connectivity index (χ0v) is 19.4. The van der Waals surface area contributed by atoms with Gasteiger partial charge >= 0.3 is 0 Å². The van der Waals surface area contributed by atoms with E-state index in [2.05, 4.69) is 49.4 Å². The van der Waals surface area contributed by atoms with Gasteiger partial charge in [0.25, 0.3) is 5.91 Å². The molecule has 6 rings (SSSR count). The van der Waals surface area contributed by atoms with Gasteiger partial charge in [-0.05, 0) is 50.2 Å². The number of aryl methyl sites for hydroxylation is 1. The number of aromatic nitrogens is 5. The molecule has 4 heterocycles. The maximum absolute atomic E-state index is 13.3. The van der Waals surface area contributed by atoms with Crippen LogP contribution >= 0.6 is 0 Å². The zero-order valence-electron chi connectivity index (χ0n) is 19.4. The smallest absolute Gasteiger partial charge is 0.251 e. The number of hydrogen-bond donors (Lipinski definition) is 2. The summed E-state index contributed by atoms with van der Waals surface area (Å²) in [6.45, 7) is 4.45. The van der Waals surface area contributed by atoms with Crippen LogP contribution in [0.2, 0.25) is 0 Å². The summed E-state index contributed by atoms with van der Waals surface area (Å²) >= 11 is 0. The third-order valence-electron chi connectivity index (χ3n) is 7.58. The number of hydrogen-bond acceptors (Lipinski definition) is 7. The monoisotopic (exact) mass is 459 g/mol. The van der Waals surface area contributed by atoms with Crippen LogP contribution in [-0.4, -0.2) is 56.4 Å². The number of rotatable bonds is 4. The quantitative estimate of drug-likeness (QED) is 0.612. The number of nitrogens with one attached hydrogen (secondary N) is 2. The standard InChI is InChI=1S/C25H29N7O2/c1-16-12-18(21-27-15-28-31-21)4-5-19(16)20-13-26-22-23(29-20)32(14-17-6-10-34-11-7-17)25(24(33)30-22)8-2-3-9-25/h4-5,12-13,15,17H,2-3,6-11,14H2,1H3,(H,26,30,33)(H,27,28,31). The maximum atomic E-state index is 13.3. The molecule has 9 heteroatoms. The van der Waals surface area contributed by atoms with Crippen molar-refractivity contribution in [2.75, 3.05) is 30.0 Å². The van der Waals surface area contributed by atoms with Crippen LogP contribution in [-0.2, 0) is 9.53 Å². The van der Waals surface area contributed by atoms with E-state index in [-0.39, 0.29) is 5.91 Å². The topological polar surface area (TPSA) is 109 Å². The molecule has 1 aromatic carbocycles. The van der Waals surface area contributed by atoms with Crippen LogP contribution in [0.4, 0.5) is 11.6 Å². The first-order chi connectivity index (χ1) is 16.6. The van der Waals surface area contributed by atoms with E-state index in [0.717, 1.165) is 92.3 Å². The van der Waals surface area contributed by atoms with Crippen molar-refractivity contribution in [2.24, 2.45) is 5.92 Å². The van der Waals surface area contributed by atoms with Crippen LogP contribution in [0.15, 0.2) is 30.7 Å². The second-order valence-electron chi connectivity index (χ2n) is 9.65. The number of benzene rings is 1. The number of carbonyl (C=O) groups excluding carboxylic acids is 1. The highest BCUT2D eigenvalue weighted by Gasteiger charge is 2.51. The number of nitrogens with zero attached hydrogens (tertiary/aromatic N) is 5. The highest BCUT2D eigenvalue weighted by atomic mass is 16.5. The number of H-pyrrole nitrogens is 1. The molecule has 0 atom stereocenters. The minimum atomic E-state index is -0.524. The van der Waals surface area contributed by atoms with Crippen molar-refractivity contribution in [1.82, 2.24) is 25.1 Å². The molecule has 2 N–H and O–H groups in total. The lowest BCUT2D eigenvalue weighted by molar-refractivity contribution is -0.121. The molecule has 0 radical (unpaired) electrons. The van der Waals surface area contributed by atoms with Gasteiger partial charge in [-0.25, -0.2) is 15.0 Å². The van der Waals surface area contributed by atoms with Gasteiger partial charge in [0.15, 0.2) is 17.5 Å². The maximum Gasteiger partial charge on any atom is 0.251 e. The number of aromatic amines is 1. The van der Waals surface area contributed by atoms with Crippen molar-refractivity contribution in [2.45, 2.75) is 51.0 Å². The molecule has 3 aliphatic rings. The molecule has 9 nitrogen and oxygen atoms in total. The third-order valence-corrected chi connectivity index (χ3v) is 7.58. The molecule has 1 aliphatic carbocycles. The second-order valence-corrected chi connectivity index (χ2v) is 9.65. The highest BCUT2D eigenvalue weighted by molar-refractivity contribution is 6.05. The molecule has 34 heavy (non-hydrogen) atoms. The van der Waals surface area contributed by atoms with Crippen LogP contribution in [0.3, 0.4) is 0 Å². The van der Waals surface area contributed by atoms with Gasteiger partial charge in [-0.1, -0.05) is 25.0 Å². The Labute approximate surface area is 198 Å². The van der Waals surface area contributed by atoms with Crippen LogP contribution in [0.1, 0.15) is 44.1 Å². The molecule has 2 fully saturated rings. The molecule has 2 aliphatic heterocycles. The number of anilines is 2. The van der Waals surface area contributed by atoms with Gasteiger partial charge < -0.3 is 15.0 Å². The minimum Gasteiger partial charge on any atom is -0.381 e. The van der Waals surface area contributed by atoms with Crippen molar-refractivity contribution >= 4 is 17.5 Å². The SMILES string of the molecule is Cc1cc(-c2ncn[nH]2)ccc1-c1cnc2c(n1)N(CC1CCOCC1)C1(CCCC1)C(=O)N2. The normalized spacial score (nSPS) is 19.9. The first kappa shape index (κ1) is 21.2. The predicted molar refractivity (Wildman–Crippen MR) is 128 cm³/mol. The number of carbonyl (C=O) groups is 1. The minimum absolute atomic E-state index is 0.0687. The Morgan fingerprint density at radius 2 is 2.00 bits per heavy atom. The van der Waals surface area contributed by atoms with Gasteiger partial charge in [-0.2, -0.15) is 5.10 Å². The van der Waals surface area contributed by atoms with Gasteiger partial charge in [0, 0.05) is 30.9 Å². The predicted octanol–water partition coefficient (Wildman–Crippen LogP) is 3.74. The lowest BCUT2D eigenvalue weighted by atomic mass is 9.89. The Balaban J connectivity index is 1.40. The summed E-state index contributed by atoms with van der Waals surface area (Å²) in [6.07, 6.45) is 9.13. The fraction of sp³-hybridized carbons (Fsp3) is 0.480. The third kappa shape index (κ3) is 3.55. The van der Waals surface area contributed by atoms with Crippen LogP contribution in [0, 0.1) is 12.8 Å². The van der Waals surface area contributed by atoms with E-state index in [1.54, 1.807) is 6.20 Å². The molecular formula is C25H29N7O2. The summed E-state index contributed by atoms with van der Waals surface area (Å²) < 4.78 is 5.59. The van der Waals surface area contributed by atoms with Crippen LogP contribution < -0.4 is 10.2 Å². The summed E-state index contributed by atoms with van der Waals surface area (Å²) in [5, 5.41) is 9.94. The molecule has 1 saturated carbocycles. The number of fused-ring (bicyclic) bond motifs is 1. The van der Waals surface area contributed by atoms with E-state index in [4.69, 9.17) is 9.72 Å². The summed E-state index contributed by atoms with van der Waals surface area (Å²) in [4.78, 5) is 29.7. The average molecular weight is 460 g/mol. The van der Waals surface area contributed by atoms with Crippen molar-refractivity contribution in [3.05, 3.63) is 36.3 Å². The molecule has 1 saturated heterocycles. The lowest BCUT2D eigenvalue weighted by Gasteiger charge is -2.46. The Morgan fingerprint density at radius 1 is 1.18 bits per heavy atom. The Kier molecular flexibility index (Phi) is 5.28. The second kappa shape index (κ2) is 8.47. The number of amides is 1. The van der Waals surface area contributed by atoms with Crippen molar-refractivity contribution in [1.29, 1.82) is 0 Å². The molecule has 2 aromatic heterocycles. The Hall–Kier alpha value is -3.33. The van der Waals surface area contributed by atoms with E-state index in [0.29, 0.717) is 11.7 Å². The van der Waals surface area contributed by atoms with Crippen molar-refractivity contribution < 1.29 is 9.53 Å². The summed E-state index contributed by atoms with van der Waals surface area (Å²) in [5.41, 5.74) is 3.35. The molecule has 176 valence electrons. The van der Waals surface area contributed by atoms with E-state index >= 15 is 0 Å². The number of ether oxygens (including phenoxy) is 1.